The average molecular weight is 218 g/mol. The fourth-order valence-corrected chi connectivity index (χ4v) is 1.24. The molecule has 1 atom stereocenters. The van der Waals surface area contributed by atoms with Crippen LogP contribution in [0.5, 0.6) is 0 Å². The summed E-state index contributed by atoms with van der Waals surface area (Å²) in [5.41, 5.74) is 5.50. The van der Waals surface area contributed by atoms with Crippen molar-refractivity contribution in [1.29, 1.82) is 0 Å². The Labute approximate surface area is 88.7 Å². The highest BCUT2D eigenvalue weighted by molar-refractivity contribution is 6.31. The number of hydrogen-bond donors (Lipinski definition) is 2. The molecule has 1 aromatic heterocycles. The number of nitrogens with two attached hydrogens (primary N) is 1. The van der Waals surface area contributed by atoms with E-state index in [1.165, 1.54) is 0 Å². The molecule has 1 rings (SSSR count). The lowest BCUT2D eigenvalue weighted by atomic mass is 10.0. The molecular weight excluding hydrogens is 202 g/mol. The molecule has 1 unspecified atom stereocenters. The molecule has 0 aliphatic heterocycles. The zero-order valence-corrected chi connectivity index (χ0v) is 9.25. The van der Waals surface area contributed by atoms with Crippen LogP contribution in [0.1, 0.15) is 19.0 Å². The lowest BCUT2D eigenvalue weighted by molar-refractivity contribution is 0.0542. The van der Waals surface area contributed by atoms with Crippen LogP contribution in [0.15, 0.2) is 6.20 Å². The summed E-state index contributed by atoms with van der Waals surface area (Å²) in [5.74, 6) is 0. The molecule has 0 bridgehead atoms. The molecule has 0 aliphatic rings. The first-order valence-electron chi connectivity index (χ1n) is 4.56. The van der Waals surface area contributed by atoms with Crippen molar-refractivity contribution in [2.45, 2.75) is 32.4 Å². The van der Waals surface area contributed by atoms with Gasteiger partial charge >= 0.3 is 0 Å². The maximum Gasteiger partial charge on any atom is 0.0814 e. The van der Waals surface area contributed by atoms with Crippen molar-refractivity contribution >= 4 is 11.6 Å². The third-order valence-electron chi connectivity index (χ3n) is 2.35. The second-order valence-electron chi connectivity index (χ2n) is 3.75. The van der Waals surface area contributed by atoms with Gasteiger partial charge in [-0.3, -0.25) is 4.68 Å². The Balaban J connectivity index is 2.58. The molecule has 0 amide bonds. The summed E-state index contributed by atoms with van der Waals surface area (Å²) < 4.78 is 1.77. The van der Waals surface area contributed by atoms with Gasteiger partial charge in [-0.1, -0.05) is 11.6 Å². The summed E-state index contributed by atoms with van der Waals surface area (Å²) in [6.07, 6.45) is 2.18. The number of nitrogens with zero attached hydrogens (tertiary/aromatic N) is 2. The van der Waals surface area contributed by atoms with Gasteiger partial charge in [-0.2, -0.15) is 5.10 Å². The van der Waals surface area contributed by atoms with Crippen LogP contribution in [0.3, 0.4) is 0 Å². The minimum Gasteiger partial charge on any atom is -0.389 e. The van der Waals surface area contributed by atoms with Crippen LogP contribution in [0.4, 0.5) is 0 Å². The average Bonchev–Trinajstić information content (AvgIpc) is 2.45. The molecule has 0 aliphatic carbocycles. The summed E-state index contributed by atoms with van der Waals surface area (Å²) in [6, 6.07) is 0. The molecule has 5 heteroatoms. The Kier molecular flexibility index (Phi) is 3.53. The van der Waals surface area contributed by atoms with E-state index in [0.717, 1.165) is 5.69 Å². The van der Waals surface area contributed by atoms with Crippen LogP contribution in [-0.4, -0.2) is 27.0 Å². The molecule has 3 N–H and O–H groups in total. The number of aryl methyl sites for hydroxylation is 1. The van der Waals surface area contributed by atoms with Crippen molar-refractivity contribution in [2.75, 3.05) is 6.54 Å². The first-order chi connectivity index (χ1) is 6.46. The highest BCUT2D eigenvalue weighted by atomic mass is 35.5. The first kappa shape index (κ1) is 11.5. The lowest BCUT2D eigenvalue weighted by Crippen LogP contribution is -2.35. The third kappa shape index (κ3) is 2.70. The van der Waals surface area contributed by atoms with Gasteiger partial charge in [-0.05, 0) is 20.3 Å². The molecule has 4 nitrogen and oxygen atoms in total. The van der Waals surface area contributed by atoms with Crippen molar-refractivity contribution in [3.63, 3.8) is 0 Å². The van der Waals surface area contributed by atoms with Crippen LogP contribution < -0.4 is 5.73 Å². The van der Waals surface area contributed by atoms with Gasteiger partial charge in [0.2, 0.25) is 0 Å². The van der Waals surface area contributed by atoms with Gasteiger partial charge in [-0.25, -0.2) is 0 Å². The Hall–Kier alpha value is -0.580. The highest BCUT2D eigenvalue weighted by Gasteiger charge is 2.18. The quantitative estimate of drug-likeness (QED) is 0.789. The Morgan fingerprint density at radius 1 is 1.71 bits per heavy atom. The third-order valence-corrected chi connectivity index (χ3v) is 2.72. The Morgan fingerprint density at radius 2 is 2.36 bits per heavy atom. The predicted octanol–water partition coefficient (Wildman–Crippen LogP) is 0.945. The van der Waals surface area contributed by atoms with Gasteiger partial charge in [0.05, 0.1) is 22.5 Å². The largest absolute Gasteiger partial charge is 0.389 e. The van der Waals surface area contributed by atoms with Crippen molar-refractivity contribution in [3.05, 3.63) is 16.9 Å². The van der Waals surface area contributed by atoms with Crippen molar-refractivity contribution in [2.24, 2.45) is 5.73 Å². The van der Waals surface area contributed by atoms with Gasteiger partial charge in [0, 0.05) is 13.1 Å². The monoisotopic (exact) mass is 217 g/mol. The molecular formula is C9H16ClN3O. The molecule has 80 valence electrons. The number of hydrogen-bond acceptors (Lipinski definition) is 3. The minimum absolute atomic E-state index is 0.251. The van der Waals surface area contributed by atoms with E-state index < -0.39 is 5.60 Å². The van der Waals surface area contributed by atoms with Gasteiger partial charge in [0.25, 0.3) is 0 Å². The van der Waals surface area contributed by atoms with Crippen molar-refractivity contribution in [1.82, 2.24) is 9.78 Å². The molecule has 0 saturated carbocycles. The molecule has 0 radical (unpaired) electrons. The fourth-order valence-electron chi connectivity index (χ4n) is 1.10. The fraction of sp³-hybridized carbons (Fsp3) is 0.667. The maximum absolute atomic E-state index is 9.68. The van der Waals surface area contributed by atoms with Crippen LogP contribution in [0.2, 0.25) is 5.02 Å². The second kappa shape index (κ2) is 4.29. The standard InChI is InChI=1S/C9H16ClN3O/c1-7-8(10)5-12-13(7)4-3-9(2,14)6-11/h5,14H,3-4,6,11H2,1-2H3. The van der Waals surface area contributed by atoms with E-state index in [9.17, 15) is 5.11 Å². The summed E-state index contributed by atoms with van der Waals surface area (Å²) in [7, 11) is 0. The number of rotatable bonds is 4. The minimum atomic E-state index is -0.829. The topological polar surface area (TPSA) is 64.1 Å². The van der Waals surface area contributed by atoms with Gasteiger partial charge < -0.3 is 10.8 Å². The van der Waals surface area contributed by atoms with Crippen LogP contribution >= 0.6 is 11.6 Å². The smallest absolute Gasteiger partial charge is 0.0814 e. The zero-order valence-electron chi connectivity index (χ0n) is 8.50. The number of aromatic nitrogens is 2. The predicted molar refractivity (Wildman–Crippen MR) is 56.3 cm³/mol. The van der Waals surface area contributed by atoms with Gasteiger partial charge in [-0.15, -0.1) is 0 Å². The molecule has 0 fully saturated rings. The normalized spacial score (nSPS) is 15.5. The summed E-state index contributed by atoms with van der Waals surface area (Å²) in [4.78, 5) is 0. The molecule has 14 heavy (non-hydrogen) atoms. The van der Waals surface area contributed by atoms with E-state index in [1.54, 1.807) is 17.8 Å². The summed E-state index contributed by atoms with van der Waals surface area (Å²) >= 11 is 5.84. The second-order valence-corrected chi connectivity index (χ2v) is 4.16. The number of aliphatic hydroxyl groups is 1. The van der Waals surface area contributed by atoms with Crippen molar-refractivity contribution < 1.29 is 5.11 Å². The summed E-state index contributed by atoms with van der Waals surface area (Å²) in [5, 5.41) is 14.4. The highest BCUT2D eigenvalue weighted by Crippen LogP contribution is 2.15. The molecule has 1 heterocycles. The Bertz CT molecular complexity index is 309. The van der Waals surface area contributed by atoms with Crippen LogP contribution in [-0.2, 0) is 6.54 Å². The van der Waals surface area contributed by atoms with E-state index in [1.807, 2.05) is 6.92 Å². The SMILES string of the molecule is Cc1c(Cl)cnn1CCC(C)(O)CN. The molecule has 0 spiro atoms. The first-order valence-corrected chi connectivity index (χ1v) is 4.94. The van der Waals surface area contributed by atoms with Crippen LogP contribution in [0.25, 0.3) is 0 Å². The van der Waals surface area contributed by atoms with E-state index in [2.05, 4.69) is 5.10 Å². The molecule has 0 saturated heterocycles. The van der Waals surface area contributed by atoms with E-state index >= 15 is 0 Å². The molecule has 0 aromatic carbocycles. The zero-order chi connectivity index (χ0) is 10.8. The van der Waals surface area contributed by atoms with Crippen LogP contribution in [0, 0.1) is 6.92 Å². The van der Waals surface area contributed by atoms with Gasteiger partial charge in [0.1, 0.15) is 0 Å². The number of halogens is 1. The Morgan fingerprint density at radius 3 is 2.79 bits per heavy atom. The van der Waals surface area contributed by atoms with Gasteiger partial charge in [0.15, 0.2) is 0 Å². The lowest BCUT2D eigenvalue weighted by Gasteiger charge is -2.20. The van der Waals surface area contributed by atoms with E-state index in [0.29, 0.717) is 18.0 Å². The van der Waals surface area contributed by atoms with Crippen molar-refractivity contribution in [3.8, 4) is 0 Å². The van der Waals surface area contributed by atoms with E-state index in [4.69, 9.17) is 17.3 Å². The van der Waals surface area contributed by atoms with E-state index in [-0.39, 0.29) is 6.54 Å². The molecule has 1 aromatic rings. The maximum atomic E-state index is 9.68. The summed E-state index contributed by atoms with van der Waals surface area (Å²) in [6.45, 7) is 4.49.